The molecule has 88 valence electrons. The summed E-state index contributed by atoms with van der Waals surface area (Å²) >= 11 is 5.22. The van der Waals surface area contributed by atoms with Gasteiger partial charge in [-0.05, 0) is 37.0 Å². The molecule has 0 unspecified atom stereocenters. The highest BCUT2D eigenvalue weighted by molar-refractivity contribution is 7.71. The van der Waals surface area contributed by atoms with Crippen molar-refractivity contribution < 1.29 is 0 Å². The Morgan fingerprint density at radius 2 is 2.12 bits per heavy atom. The van der Waals surface area contributed by atoms with E-state index in [1.165, 1.54) is 12.0 Å². The molecule has 0 saturated heterocycles. The monoisotopic (exact) mass is 245 g/mol. The van der Waals surface area contributed by atoms with Crippen LogP contribution in [-0.2, 0) is 6.54 Å². The number of rotatable bonds is 3. The lowest BCUT2D eigenvalue weighted by molar-refractivity contribution is 0.687. The molecular formula is C13H15N3S. The fraction of sp³-hybridized carbons (Fsp3) is 0.385. The molecule has 2 atom stereocenters. The Labute approximate surface area is 105 Å². The van der Waals surface area contributed by atoms with Gasteiger partial charge in [-0.3, -0.25) is 5.10 Å². The Morgan fingerprint density at radius 1 is 1.35 bits per heavy atom. The van der Waals surface area contributed by atoms with Gasteiger partial charge in [0.2, 0.25) is 0 Å². The van der Waals surface area contributed by atoms with E-state index in [0.717, 1.165) is 17.1 Å². The first-order chi connectivity index (χ1) is 8.31. The average molecular weight is 245 g/mol. The quantitative estimate of drug-likeness (QED) is 0.842. The molecule has 4 heteroatoms. The second kappa shape index (κ2) is 4.11. The first-order valence-electron chi connectivity index (χ1n) is 6.01. The van der Waals surface area contributed by atoms with E-state index >= 15 is 0 Å². The third-order valence-electron chi connectivity index (χ3n) is 3.45. The Morgan fingerprint density at radius 3 is 2.82 bits per heavy atom. The van der Waals surface area contributed by atoms with Crippen molar-refractivity contribution in [3.05, 3.63) is 46.5 Å². The molecule has 1 aromatic carbocycles. The van der Waals surface area contributed by atoms with E-state index in [-0.39, 0.29) is 0 Å². The number of benzene rings is 1. The van der Waals surface area contributed by atoms with Crippen LogP contribution in [0.5, 0.6) is 0 Å². The van der Waals surface area contributed by atoms with Gasteiger partial charge in [0.25, 0.3) is 0 Å². The summed E-state index contributed by atoms with van der Waals surface area (Å²) in [5.74, 6) is 2.27. The Kier molecular flexibility index (Phi) is 2.59. The second-order valence-electron chi connectivity index (χ2n) is 4.49. The van der Waals surface area contributed by atoms with Crippen LogP contribution in [0.15, 0.2) is 30.3 Å². The molecule has 1 heterocycles. The first kappa shape index (κ1) is 10.7. The number of nitrogens with zero attached hydrogens (tertiary/aromatic N) is 2. The molecule has 17 heavy (non-hydrogen) atoms. The van der Waals surface area contributed by atoms with E-state index in [1.807, 2.05) is 0 Å². The molecule has 0 aliphatic heterocycles. The van der Waals surface area contributed by atoms with Gasteiger partial charge in [-0.25, -0.2) is 0 Å². The van der Waals surface area contributed by atoms with Gasteiger partial charge in [-0.2, -0.15) is 5.10 Å². The van der Waals surface area contributed by atoms with E-state index in [4.69, 9.17) is 12.2 Å². The number of hydrogen-bond donors (Lipinski definition) is 1. The molecule has 1 aliphatic carbocycles. The van der Waals surface area contributed by atoms with Gasteiger partial charge in [0.1, 0.15) is 5.82 Å². The molecule has 0 bridgehead atoms. The van der Waals surface area contributed by atoms with E-state index in [0.29, 0.717) is 11.8 Å². The van der Waals surface area contributed by atoms with Crippen molar-refractivity contribution in [1.29, 1.82) is 0 Å². The number of aromatic amines is 1. The summed E-state index contributed by atoms with van der Waals surface area (Å²) in [7, 11) is 0. The van der Waals surface area contributed by atoms with Gasteiger partial charge in [0, 0.05) is 12.5 Å². The minimum absolute atomic E-state index is 0.533. The molecule has 3 nitrogen and oxygen atoms in total. The van der Waals surface area contributed by atoms with Crippen LogP contribution < -0.4 is 0 Å². The smallest absolute Gasteiger partial charge is 0.195 e. The summed E-state index contributed by atoms with van der Waals surface area (Å²) in [6.45, 7) is 3.00. The van der Waals surface area contributed by atoms with Crippen LogP contribution in [0, 0.1) is 4.77 Å². The topological polar surface area (TPSA) is 33.6 Å². The average Bonchev–Trinajstić information content (AvgIpc) is 3.08. The van der Waals surface area contributed by atoms with Crippen LogP contribution in [0.2, 0.25) is 0 Å². The van der Waals surface area contributed by atoms with Crippen molar-refractivity contribution in [3.63, 3.8) is 0 Å². The standard InChI is InChI=1S/C13H15N3S/c1-2-16-12(14-15-13(16)17)11-8-10(11)9-6-4-3-5-7-9/h3-7,10-11H,2,8H2,1H3,(H,15,17)/t10-,11+/m0/s1. The lowest BCUT2D eigenvalue weighted by Crippen LogP contribution is -2.01. The van der Waals surface area contributed by atoms with E-state index in [9.17, 15) is 0 Å². The Bertz CT molecular complexity index is 570. The van der Waals surface area contributed by atoms with E-state index in [1.54, 1.807) is 0 Å². The highest BCUT2D eigenvalue weighted by Crippen LogP contribution is 2.53. The third kappa shape index (κ3) is 1.82. The third-order valence-corrected chi connectivity index (χ3v) is 3.77. The zero-order chi connectivity index (χ0) is 11.8. The Balaban J connectivity index is 1.87. The zero-order valence-electron chi connectivity index (χ0n) is 9.76. The van der Waals surface area contributed by atoms with E-state index in [2.05, 4.69) is 52.0 Å². The molecule has 0 amide bonds. The van der Waals surface area contributed by atoms with Gasteiger partial charge in [-0.15, -0.1) is 0 Å². The molecule has 2 aromatic rings. The fourth-order valence-electron chi connectivity index (χ4n) is 2.47. The largest absolute Gasteiger partial charge is 0.304 e. The van der Waals surface area contributed by atoms with Crippen LogP contribution >= 0.6 is 12.2 Å². The van der Waals surface area contributed by atoms with Gasteiger partial charge in [0.05, 0.1) is 0 Å². The molecular weight excluding hydrogens is 230 g/mol. The SMILES string of the molecule is CCn1c([C@@H]2C[C@H]2c2ccccc2)n[nH]c1=S. The molecule has 1 N–H and O–H groups in total. The molecule has 1 saturated carbocycles. The maximum absolute atomic E-state index is 5.22. The van der Waals surface area contributed by atoms with Crippen molar-refractivity contribution in [1.82, 2.24) is 14.8 Å². The van der Waals surface area contributed by atoms with Gasteiger partial charge < -0.3 is 4.57 Å². The minimum Gasteiger partial charge on any atom is -0.304 e. The predicted molar refractivity (Wildman–Crippen MR) is 69.6 cm³/mol. The summed E-state index contributed by atoms with van der Waals surface area (Å²) in [4.78, 5) is 0. The number of aromatic nitrogens is 3. The molecule has 0 spiro atoms. The Hall–Kier alpha value is -1.42. The first-order valence-corrected chi connectivity index (χ1v) is 6.42. The lowest BCUT2D eigenvalue weighted by atomic mass is 10.1. The van der Waals surface area contributed by atoms with Gasteiger partial charge in [-0.1, -0.05) is 30.3 Å². The number of hydrogen-bond acceptors (Lipinski definition) is 2. The summed E-state index contributed by atoms with van der Waals surface area (Å²) in [6.07, 6.45) is 1.18. The minimum atomic E-state index is 0.533. The van der Waals surface area contributed by atoms with Crippen LogP contribution in [-0.4, -0.2) is 14.8 Å². The molecule has 1 aromatic heterocycles. The fourth-order valence-corrected chi connectivity index (χ4v) is 2.74. The highest BCUT2D eigenvalue weighted by atomic mass is 32.1. The highest BCUT2D eigenvalue weighted by Gasteiger charge is 2.42. The summed E-state index contributed by atoms with van der Waals surface area (Å²) in [6, 6.07) is 10.6. The van der Waals surface area contributed by atoms with Crippen molar-refractivity contribution in [2.45, 2.75) is 31.7 Å². The van der Waals surface area contributed by atoms with Gasteiger partial charge in [0.15, 0.2) is 4.77 Å². The van der Waals surface area contributed by atoms with Crippen molar-refractivity contribution in [2.75, 3.05) is 0 Å². The van der Waals surface area contributed by atoms with Crippen LogP contribution in [0.3, 0.4) is 0 Å². The molecule has 1 aliphatic rings. The number of H-pyrrole nitrogens is 1. The van der Waals surface area contributed by atoms with Crippen LogP contribution in [0.25, 0.3) is 0 Å². The zero-order valence-corrected chi connectivity index (χ0v) is 10.6. The summed E-state index contributed by atoms with van der Waals surface area (Å²) < 4.78 is 2.84. The normalized spacial score (nSPS) is 22.6. The maximum Gasteiger partial charge on any atom is 0.195 e. The summed E-state index contributed by atoms with van der Waals surface area (Å²) in [5.41, 5.74) is 1.41. The molecule has 3 rings (SSSR count). The predicted octanol–water partition coefficient (Wildman–Crippen LogP) is 3.23. The van der Waals surface area contributed by atoms with Crippen LogP contribution in [0.4, 0.5) is 0 Å². The van der Waals surface area contributed by atoms with Crippen molar-refractivity contribution >= 4 is 12.2 Å². The molecule has 0 radical (unpaired) electrons. The van der Waals surface area contributed by atoms with E-state index < -0.39 is 0 Å². The molecule has 1 fully saturated rings. The van der Waals surface area contributed by atoms with Crippen LogP contribution in [0.1, 0.15) is 36.6 Å². The van der Waals surface area contributed by atoms with Crippen molar-refractivity contribution in [2.24, 2.45) is 0 Å². The summed E-state index contributed by atoms with van der Waals surface area (Å²) in [5, 5.41) is 7.27. The lowest BCUT2D eigenvalue weighted by Gasteiger charge is -2.02. The second-order valence-corrected chi connectivity index (χ2v) is 4.88. The van der Waals surface area contributed by atoms with Crippen molar-refractivity contribution in [3.8, 4) is 0 Å². The maximum atomic E-state index is 5.22. The van der Waals surface area contributed by atoms with Gasteiger partial charge >= 0.3 is 0 Å². The number of nitrogens with one attached hydrogen (secondary N) is 1.